The monoisotopic (exact) mass is 502 g/mol. The van der Waals surface area contributed by atoms with Crippen LogP contribution in [0.1, 0.15) is 32.2 Å². The van der Waals surface area contributed by atoms with Crippen LogP contribution in [0.15, 0.2) is 54.0 Å². The van der Waals surface area contributed by atoms with E-state index in [0.29, 0.717) is 11.7 Å². The van der Waals surface area contributed by atoms with E-state index in [1.165, 1.54) is 11.9 Å². The van der Waals surface area contributed by atoms with Gasteiger partial charge in [0, 0.05) is 10.7 Å². The number of halogens is 1. The van der Waals surface area contributed by atoms with E-state index in [9.17, 15) is 5.11 Å². The maximum atomic E-state index is 11.0. The summed E-state index contributed by atoms with van der Waals surface area (Å²) in [7, 11) is 0. The number of rotatable bonds is 12. The fourth-order valence-corrected chi connectivity index (χ4v) is 5.15. The number of nitrogen functional groups attached to an aromatic ring is 1. The molecule has 174 valence electrons. The minimum atomic E-state index is -0.426. The minimum absolute atomic E-state index is 0.0238. The van der Waals surface area contributed by atoms with Crippen molar-refractivity contribution in [1.29, 1.82) is 0 Å². The zero-order valence-corrected chi connectivity index (χ0v) is 20.4. The summed E-state index contributed by atoms with van der Waals surface area (Å²) in [4.78, 5) is 8.51. The van der Waals surface area contributed by atoms with Crippen molar-refractivity contribution in [3.05, 3.63) is 54.0 Å². The van der Waals surface area contributed by atoms with Gasteiger partial charge in [0.25, 0.3) is 0 Å². The Balaban J connectivity index is 1.45. The standard InChI is InChI=1S/C24H35BrN6O/c1-4-7-17(5-2)8-11-27-9-6-10-28-13-18-12-20(22(32)16(18)3)31-14-19(25)21-23(26)29-15-30-24(21)31/h4-5,7,14-16,18,20,22,27-28,32H,1-2,6,8-13H2,3H3,(H2,26,29,30)/b17-7+/t16-,18-,20-,22-/m1/s1. The number of fused-ring (bicyclic) bond motifs is 1. The second-order valence-electron chi connectivity index (χ2n) is 8.49. The summed E-state index contributed by atoms with van der Waals surface area (Å²) >= 11 is 3.57. The minimum Gasteiger partial charge on any atom is -0.391 e. The van der Waals surface area contributed by atoms with Gasteiger partial charge in [-0.1, -0.05) is 38.3 Å². The van der Waals surface area contributed by atoms with E-state index in [1.54, 1.807) is 6.08 Å². The van der Waals surface area contributed by atoms with Crippen LogP contribution in [0.3, 0.4) is 0 Å². The third kappa shape index (κ3) is 5.67. The summed E-state index contributed by atoms with van der Waals surface area (Å²) in [5, 5.41) is 18.8. The molecule has 1 fully saturated rings. The molecule has 0 unspecified atom stereocenters. The molecule has 0 radical (unpaired) electrons. The molecule has 0 amide bonds. The van der Waals surface area contributed by atoms with Crippen molar-refractivity contribution >= 4 is 32.8 Å². The van der Waals surface area contributed by atoms with Crippen LogP contribution < -0.4 is 16.4 Å². The number of aliphatic hydroxyl groups is 1. The highest BCUT2D eigenvalue weighted by Crippen LogP contribution is 2.42. The Hall–Kier alpha value is -2.00. The van der Waals surface area contributed by atoms with E-state index >= 15 is 0 Å². The van der Waals surface area contributed by atoms with Crippen LogP contribution in [0.25, 0.3) is 11.0 Å². The molecule has 2 aromatic rings. The first-order valence-electron chi connectivity index (χ1n) is 11.3. The van der Waals surface area contributed by atoms with Gasteiger partial charge in [-0.15, -0.1) is 0 Å². The van der Waals surface area contributed by atoms with Gasteiger partial charge in [-0.25, -0.2) is 9.97 Å². The highest BCUT2D eigenvalue weighted by molar-refractivity contribution is 9.10. The molecular formula is C24H35BrN6O. The number of aromatic nitrogens is 3. The molecule has 5 N–H and O–H groups in total. The van der Waals surface area contributed by atoms with Crippen LogP contribution in [0.5, 0.6) is 0 Å². The van der Waals surface area contributed by atoms with Crippen molar-refractivity contribution in [2.24, 2.45) is 11.8 Å². The van der Waals surface area contributed by atoms with E-state index < -0.39 is 6.10 Å². The van der Waals surface area contributed by atoms with Crippen molar-refractivity contribution in [3.63, 3.8) is 0 Å². The Morgan fingerprint density at radius 1 is 1.31 bits per heavy atom. The van der Waals surface area contributed by atoms with Crippen LogP contribution in [-0.2, 0) is 0 Å². The van der Waals surface area contributed by atoms with Crippen molar-refractivity contribution in [2.45, 2.75) is 38.3 Å². The van der Waals surface area contributed by atoms with Gasteiger partial charge < -0.3 is 26.0 Å². The fraction of sp³-hybridized carbons (Fsp3) is 0.500. The zero-order valence-electron chi connectivity index (χ0n) is 18.8. The van der Waals surface area contributed by atoms with Crippen molar-refractivity contribution in [2.75, 3.05) is 31.9 Å². The number of anilines is 1. The highest BCUT2D eigenvalue weighted by Gasteiger charge is 2.41. The average Bonchev–Trinajstić information content (AvgIpc) is 3.26. The molecule has 8 heteroatoms. The first kappa shape index (κ1) is 24.6. The van der Waals surface area contributed by atoms with Gasteiger partial charge in [-0.05, 0) is 78.8 Å². The van der Waals surface area contributed by atoms with Crippen molar-refractivity contribution in [1.82, 2.24) is 25.2 Å². The molecule has 32 heavy (non-hydrogen) atoms. The predicted molar refractivity (Wildman–Crippen MR) is 135 cm³/mol. The predicted octanol–water partition coefficient (Wildman–Crippen LogP) is 3.59. The van der Waals surface area contributed by atoms with Crippen LogP contribution in [0, 0.1) is 11.8 Å². The van der Waals surface area contributed by atoms with Gasteiger partial charge in [0.2, 0.25) is 0 Å². The number of hydrogen-bond acceptors (Lipinski definition) is 6. The second kappa shape index (κ2) is 11.7. The number of nitrogens with two attached hydrogens (primary N) is 1. The highest BCUT2D eigenvalue weighted by atomic mass is 79.9. The summed E-state index contributed by atoms with van der Waals surface area (Å²) in [6, 6.07) is -0.0238. The van der Waals surface area contributed by atoms with E-state index in [1.807, 2.05) is 18.3 Å². The third-order valence-corrected chi connectivity index (χ3v) is 7.07. The lowest BCUT2D eigenvalue weighted by Crippen LogP contribution is -2.29. The summed E-state index contributed by atoms with van der Waals surface area (Å²) < 4.78 is 2.92. The zero-order chi connectivity index (χ0) is 23.1. The Labute approximate surface area is 199 Å². The molecule has 1 aliphatic rings. The van der Waals surface area contributed by atoms with Gasteiger partial charge in [0.15, 0.2) is 0 Å². The normalized spacial score (nSPS) is 23.7. The van der Waals surface area contributed by atoms with Crippen molar-refractivity contribution in [3.8, 4) is 0 Å². The average molecular weight is 503 g/mol. The largest absolute Gasteiger partial charge is 0.391 e. The molecule has 0 aromatic carbocycles. The maximum Gasteiger partial charge on any atom is 0.146 e. The number of allylic oxidation sites excluding steroid dienone is 3. The molecule has 0 saturated heterocycles. The van der Waals surface area contributed by atoms with E-state index in [0.717, 1.165) is 60.9 Å². The molecule has 4 atom stereocenters. The van der Waals surface area contributed by atoms with Crippen LogP contribution in [0.2, 0.25) is 0 Å². The van der Waals surface area contributed by atoms with E-state index in [4.69, 9.17) is 5.73 Å². The molecule has 2 aromatic heterocycles. The molecule has 0 aliphatic heterocycles. The number of nitrogens with zero attached hydrogens (tertiary/aromatic N) is 3. The quantitative estimate of drug-likeness (QED) is 0.261. The molecule has 3 rings (SSSR count). The summed E-state index contributed by atoms with van der Waals surface area (Å²) in [5.74, 6) is 1.05. The number of nitrogens with one attached hydrogen (secondary N) is 2. The van der Waals surface area contributed by atoms with Gasteiger partial charge in [0.05, 0.1) is 17.5 Å². The second-order valence-corrected chi connectivity index (χ2v) is 9.35. The topological polar surface area (TPSA) is 101 Å². The molecular weight excluding hydrogens is 468 g/mol. The molecule has 1 saturated carbocycles. The lowest BCUT2D eigenvalue weighted by Gasteiger charge is -2.19. The van der Waals surface area contributed by atoms with Crippen LogP contribution in [-0.4, -0.2) is 51.9 Å². The summed E-state index contributed by atoms with van der Waals surface area (Å²) in [5.41, 5.74) is 8.00. The molecule has 1 aliphatic carbocycles. The lowest BCUT2D eigenvalue weighted by molar-refractivity contribution is 0.0955. The number of aliphatic hydroxyl groups excluding tert-OH is 1. The molecule has 0 spiro atoms. The Bertz CT molecular complexity index is 955. The first-order valence-corrected chi connectivity index (χ1v) is 12.1. The van der Waals surface area contributed by atoms with E-state index in [-0.39, 0.29) is 12.0 Å². The van der Waals surface area contributed by atoms with Gasteiger partial charge in [-0.2, -0.15) is 0 Å². The fourth-order valence-electron chi connectivity index (χ4n) is 4.54. The van der Waals surface area contributed by atoms with Crippen molar-refractivity contribution < 1.29 is 5.11 Å². The molecule has 0 bridgehead atoms. The van der Waals surface area contributed by atoms with E-state index in [2.05, 4.69) is 61.2 Å². The molecule has 2 heterocycles. The maximum absolute atomic E-state index is 11.0. The third-order valence-electron chi connectivity index (χ3n) is 6.47. The number of hydrogen-bond donors (Lipinski definition) is 4. The van der Waals surface area contributed by atoms with Gasteiger partial charge in [-0.3, -0.25) is 0 Å². The lowest BCUT2D eigenvalue weighted by atomic mass is 9.97. The molecule has 7 nitrogen and oxygen atoms in total. The van der Waals surface area contributed by atoms with Crippen LogP contribution in [0.4, 0.5) is 5.82 Å². The first-order chi connectivity index (χ1) is 15.5. The SMILES string of the molecule is C=C/C=C(\C=C)CCNCCCNC[C@H]1C[C@@H](n2cc(Br)c3c(N)ncnc32)[C@H](O)[C@@H]1C. The van der Waals surface area contributed by atoms with Gasteiger partial charge in [0.1, 0.15) is 17.8 Å². The Morgan fingerprint density at radius 2 is 2.09 bits per heavy atom. The smallest absolute Gasteiger partial charge is 0.146 e. The summed E-state index contributed by atoms with van der Waals surface area (Å²) in [6.07, 6.45) is 11.6. The van der Waals surface area contributed by atoms with Gasteiger partial charge >= 0.3 is 0 Å². The van der Waals surface area contributed by atoms with Crippen LogP contribution >= 0.6 is 15.9 Å². The summed E-state index contributed by atoms with van der Waals surface area (Å²) in [6.45, 7) is 13.5. The Kier molecular flexibility index (Phi) is 9.04. The Morgan fingerprint density at radius 3 is 2.84 bits per heavy atom.